The molecule has 0 bridgehead atoms. The highest BCUT2D eigenvalue weighted by Gasteiger charge is 1.95. The Labute approximate surface area is 100 Å². The molecule has 0 radical (unpaired) electrons. The minimum atomic E-state index is 0.212. The summed E-state index contributed by atoms with van der Waals surface area (Å²) in [5, 5.41) is 9.57. The molecule has 0 saturated heterocycles. The van der Waals surface area contributed by atoms with E-state index >= 15 is 0 Å². The predicted octanol–water partition coefficient (Wildman–Crippen LogP) is 3.12. The lowest BCUT2D eigenvalue weighted by Crippen LogP contribution is -1.81. The maximum absolute atomic E-state index is 9.57. The van der Waals surface area contributed by atoms with E-state index in [2.05, 4.69) is 10.9 Å². The predicted molar refractivity (Wildman–Crippen MR) is 69.7 cm³/mol. The molecule has 0 aliphatic carbocycles. The van der Waals surface area contributed by atoms with Crippen LogP contribution in [0.2, 0.25) is 0 Å². The van der Waals surface area contributed by atoms with Crippen LogP contribution < -0.4 is 0 Å². The van der Waals surface area contributed by atoms with Crippen LogP contribution >= 0.6 is 0 Å². The normalized spacial score (nSPS) is 10.3. The Hall–Kier alpha value is -2.53. The summed E-state index contributed by atoms with van der Waals surface area (Å²) in [6.45, 7) is 0. The average Bonchev–Trinajstić information content (AvgIpc) is 2.38. The molecule has 0 fully saturated rings. The molecular weight excluding hydrogens is 210 g/mol. The molecule has 0 unspecified atom stereocenters. The van der Waals surface area contributed by atoms with Gasteiger partial charge in [-0.2, -0.15) is 0 Å². The van der Waals surface area contributed by atoms with E-state index in [9.17, 15) is 5.11 Å². The number of phenolic OH excluding ortho intramolecular Hbond substituents is 1. The second kappa shape index (κ2) is 5.00. The Morgan fingerprint density at radius 2 is 1.94 bits per heavy atom. The maximum Gasteiger partial charge on any atom is 0.124 e. The van der Waals surface area contributed by atoms with Gasteiger partial charge in [0, 0.05) is 17.3 Å². The summed E-state index contributed by atoms with van der Waals surface area (Å²) < 4.78 is 0. The van der Waals surface area contributed by atoms with Crippen molar-refractivity contribution in [2.75, 3.05) is 0 Å². The summed E-state index contributed by atoms with van der Waals surface area (Å²) >= 11 is 0. The van der Waals surface area contributed by atoms with Crippen molar-refractivity contribution in [1.82, 2.24) is 0 Å². The highest BCUT2D eigenvalue weighted by Crippen LogP contribution is 2.17. The van der Waals surface area contributed by atoms with E-state index in [-0.39, 0.29) is 5.75 Å². The largest absolute Gasteiger partial charge is 0.507 e. The zero-order valence-corrected chi connectivity index (χ0v) is 9.17. The van der Waals surface area contributed by atoms with Crippen molar-refractivity contribution < 1.29 is 5.11 Å². The quantitative estimate of drug-likeness (QED) is 0.613. The Kier molecular flexibility index (Phi) is 3.23. The van der Waals surface area contributed by atoms with Gasteiger partial charge in [-0.25, -0.2) is 0 Å². The van der Waals surface area contributed by atoms with Crippen LogP contribution in [0.4, 0.5) is 5.69 Å². The smallest absolute Gasteiger partial charge is 0.124 e. The Balaban J connectivity index is 2.27. The molecule has 2 heteroatoms. The Morgan fingerprint density at radius 1 is 1.12 bits per heavy atom. The van der Waals surface area contributed by atoms with E-state index in [0.29, 0.717) is 5.56 Å². The van der Waals surface area contributed by atoms with Gasteiger partial charge in [0.1, 0.15) is 5.75 Å². The number of phenols is 1. The highest BCUT2D eigenvalue weighted by molar-refractivity contribution is 5.85. The van der Waals surface area contributed by atoms with Gasteiger partial charge in [-0.05, 0) is 30.3 Å². The number of benzene rings is 2. The Morgan fingerprint density at radius 3 is 2.71 bits per heavy atom. The second-order valence-electron chi connectivity index (χ2n) is 3.51. The summed E-state index contributed by atoms with van der Waals surface area (Å²) in [5.41, 5.74) is 2.24. The van der Waals surface area contributed by atoms with Gasteiger partial charge in [0.25, 0.3) is 0 Å². The van der Waals surface area contributed by atoms with Crippen LogP contribution in [0, 0.1) is 12.3 Å². The number of nitrogens with zero attached hydrogens (tertiary/aromatic N) is 1. The Bertz CT molecular complexity index is 594. The van der Waals surface area contributed by atoms with Gasteiger partial charge < -0.3 is 5.11 Å². The zero-order valence-electron chi connectivity index (χ0n) is 9.17. The fourth-order valence-electron chi connectivity index (χ4n) is 1.42. The van der Waals surface area contributed by atoms with E-state index in [4.69, 9.17) is 6.42 Å². The van der Waals surface area contributed by atoms with Crippen molar-refractivity contribution in [2.45, 2.75) is 0 Å². The van der Waals surface area contributed by atoms with Gasteiger partial charge in [0.15, 0.2) is 0 Å². The average molecular weight is 221 g/mol. The lowest BCUT2D eigenvalue weighted by atomic mass is 10.2. The van der Waals surface area contributed by atoms with Gasteiger partial charge in [0.2, 0.25) is 0 Å². The summed E-state index contributed by atoms with van der Waals surface area (Å²) in [6.07, 6.45) is 6.92. The molecule has 2 aromatic rings. The molecule has 0 heterocycles. The molecular formula is C15H11NO. The van der Waals surface area contributed by atoms with Gasteiger partial charge in [0.05, 0.1) is 5.69 Å². The van der Waals surface area contributed by atoms with Crippen LogP contribution in [0.15, 0.2) is 53.5 Å². The summed E-state index contributed by atoms with van der Waals surface area (Å²) in [5.74, 6) is 2.77. The van der Waals surface area contributed by atoms with Crippen molar-refractivity contribution in [1.29, 1.82) is 0 Å². The molecule has 2 rings (SSSR count). The van der Waals surface area contributed by atoms with E-state index < -0.39 is 0 Å². The van der Waals surface area contributed by atoms with Gasteiger partial charge in [-0.3, -0.25) is 4.99 Å². The third kappa shape index (κ3) is 2.73. The number of aromatic hydroxyl groups is 1. The summed E-state index contributed by atoms with van der Waals surface area (Å²) in [7, 11) is 0. The van der Waals surface area contributed by atoms with Crippen molar-refractivity contribution >= 4 is 11.9 Å². The van der Waals surface area contributed by atoms with Crippen LogP contribution in [0.5, 0.6) is 5.75 Å². The number of hydrogen-bond donors (Lipinski definition) is 1. The molecule has 0 amide bonds. The van der Waals surface area contributed by atoms with E-state index in [1.807, 2.05) is 30.3 Å². The number of rotatable bonds is 2. The molecule has 1 N–H and O–H groups in total. The third-order valence-electron chi connectivity index (χ3n) is 2.30. The SMILES string of the molecule is C#Cc1cccc(N=Cc2ccccc2O)c1. The van der Waals surface area contributed by atoms with Crippen LogP contribution in [0.3, 0.4) is 0 Å². The van der Waals surface area contributed by atoms with Crippen LogP contribution in [-0.2, 0) is 0 Å². The second-order valence-corrected chi connectivity index (χ2v) is 3.51. The van der Waals surface area contributed by atoms with Crippen molar-refractivity contribution in [3.8, 4) is 18.1 Å². The lowest BCUT2D eigenvalue weighted by Gasteiger charge is -1.97. The van der Waals surface area contributed by atoms with Gasteiger partial charge in [-0.15, -0.1) is 6.42 Å². The molecule has 0 aliphatic heterocycles. The molecule has 0 aliphatic rings. The standard InChI is InChI=1S/C15H11NO/c1-2-12-6-5-8-14(10-12)16-11-13-7-3-4-9-15(13)17/h1,3-11,17H. The number of terminal acetylenes is 1. The number of para-hydroxylation sites is 1. The number of aliphatic imine (C=N–C) groups is 1. The van der Waals surface area contributed by atoms with E-state index in [0.717, 1.165) is 11.3 Å². The van der Waals surface area contributed by atoms with Gasteiger partial charge in [-0.1, -0.05) is 24.1 Å². The van der Waals surface area contributed by atoms with Crippen LogP contribution in [0.25, 0.3) is 0 Å². The summed E-state index contributed by atoms with van der Waals surface area (Å²) in [6, 6.07) is 14.4. The first-order chi connectivity index (χ1) is 8.29. The molecule has 82 valence electrons. The minimum Gasteiger partial charge on any atom is -0.507 e. The van der Waals surface area contributed by atoms with E-state index in [1.165, 1.54) is 0 Å². The monoisotopic (exact) mass is 221 g/mol. The topological polar surface area (TPSA) is 32.6 Å². The first kappa shape index (κ1) is 11.0. The fourth-order valence-corrected chi connectivity index (χ4v) is 1.42. The van der Waals surface area contributed by atoms with Crippen molar-refractivity contribution in [3.05, 3.63) is 59.7 Å². The fraction of sp³-hybridized carbons (Fsp3) is 0. The highest BCUT2D eigenvalue weighted by atomic mass is 16.3. The van der Waals surface area contributed by atoms with Crippen LogP contribution in [0.1, 0.15) is 11.1 Å². The van der Waals surface area contributed by atoms with Crippen molar-refractivity contribution in [2.24, 2.45) is 4.99 Å². The number of hydrogen-bond acceptors (Lipinski definition) is 2. The minimum absolute atomic E-state index is 0.212. The molecule has 0 spiro atoms. The first-order valence-electron chi connectivity index (χ1n) is 5.18. The van der Waals surface area contributed by atoms with Crippen LogP contribution in [-0.4, -0.2) is 11.3 Å². The molecule has 2 aromatic carbocycles. The zero-order chi connectivity index (χ0) is 12.1. The van der Waals surface area contributed by atoms with Crippen molar-refractivity contribution in [3.63, 3.8) is 0 Å². The molecule has 17 heavy (non-hydrogen) atoms. The molecule has 0 aromatic heterocycles. The third-order valence-corrected chi connectivity index (χ3v) is 2.30. The molecule has 2 nitrogen and oxygen atoms in total. The first-order valence-corrected chi connectivity index (χ1v) is 5.18. The van der Waals surface area contributed by atoms with Gasteiger partial charge >= 0.3 is 0 Å². The van der Waals surface area contributed by atoms with E-state index in [1.54, 1.807) is 24.4 Å². The maximum atomic E-state index is 9.57. The summed E-state index contributed by atoms with van der Waals surface area (Å²) in [4.78, 5) is 4.27. The molecule has 0 atom stereocenters. The molecule has 0 saturated carbocycles. The lowest BCUT2D eigenvalue weighted by molar-refractivity contribution is 0.474.